The Morgan fingerprint density at radius 1 is 1.67 bits per heavy atom. The van der Waals surface area contributed by atoms with Crippen LogP contribution in [0.25, 0.3) is 0 Å². The molecule has 0 saturated heterocycles. The molecular weight excluding hydrogens is 194 g/mol. The molecule has 0 fully saturated rings. The van der Waals surface area contributed by atoms with E-state index in [1.807, 2.05) is 5.38 Å². The summed E-state index contributed by atoms with van der Waals surface area (Å²) in [6.45, 7) is 0. The molecule has 1 aromatic rings. The first-order valence-electron chi connectivity index (χ1n) is 3.95. The molecule has 1 N–H and O–H groups in total. The van der Waals surface area contributed by atoms with Crippen LogP contribution < -0.4 is 0 Å². The van der Waals surface area contributed by atoms with Gasteiger partial charge in [0.25, 0.3) is 0 Å². The topological polar surface area (TPSA) is 33.1 Å². The van der Waals surface area contributed by atoms with Gasteiger partial charge in [0.1, 0.15) is 0 Å². The molecule has 0 aliphatic carbocycles. The second-order valence-electron chi connectivity index (χ2n) is 2.62. The minimum absolute atomic E-state index is 0.283. The third-order valence-corrected chi connectivity index (χ3v) is 2.63. The summed E-state index contributed by atoms with van der Waals surface area (Å²) in [4.78, 5) is 4.09. The highest BCUT2D eigenvalue weighted by molar-refractivity contribution is 7.09. The molecule has 0 aliphatic rings. The van der Waals surface area contributed by atoms with Gasteiger partial charge in [-0.05, 0) is 12.8 Å². The van der Waals surface area contributed by atoms with Gasteiger partial charge in [0, 0.05) is 23.9 Å². The van der Waals surface area contributed by atoms with Crippen molar-refractivity contribution in [3.8, 4) is 0 Å². The van der Waals surface area contributed by atoms with Crippen LogP contribution in [-0.4, -0.2) is 22.1 Å². The van der Waals surface area contributed by atoms with Gasteiger partial charge in [-0.2, -0.15) is 0 Å². The molecule has 0 saturated carbocycles. The minimum Gasteiger partial charge on any atom is -0.393 e. The Morgan fingerprint density at radius 2 is 2.50 bits per heavy atom. The van der Waals surface area contributed by atoms with Crippen LogP contribution in [0, 0.1) is 0 Å². The van der Waals surface area contributed by atoms with Crippen molar-refractivity contribution >= 4 is 22.9 Å². The number of rotatable bonds is 5. The fraction of sp³-hybridized carbons (Fsp3) is 0.625. The summed E-state index contributed by atoms with van der Waals surface area (Å²) in [5, 5.41) is 12.4. The lowest BCUT2D eigenvalue weighted by molar-refractivity contribution is 0.164. The lowest BCUT2D eigenvalue weighted by Crippen LogP contribution is -2.10. The highest BCUT2D eigenvalue weighted by atomic mass is 35.5. The van der Waals surface area contributed by atoms with Gasteiger partial charge in [0.2, 0.25) is 0 Å². The van der Waals surface area contributed by atoms with Gasteiger partial charge < -0.3 is 5.11 Å². The molecule has 0 bridgehead atoms. The summed E-state index contributed by atoms with van der Waals surface area (Å²) in [6.07, 6.45) is 3.77. The Balaban J connectivity index is 2.22. The molecule has 1 atom stereocenters. The van der Waals surface area contributed by atoms with Gasteiger partial charge in [-0.1, -0.05) is 0 Å². The van der Waals surface area contributed by atoms with Crippen molar-refractivity contribution in [3.05, 3.63) is 16.6 Å². The number of nitrogens with zero attached hydrogens (tertiary/aromatic N) is 1. The highest BCUT2D eigenvalue weighted by Crippen LogP contribution is 2.10. The van der Waals surface area contributed by atoms with Crippen LogP contribution in [0.2, 0.25) is 0 Å². The van der Waals surface area contributed by atoms with E-state index in [2.05, 4.69) is 4.98 Å². The maximum Gasteiger partial charge on any atom is 0.0950 e. The zero-order valence-electron chi connectivity index (χ0n) is 6.74. The first-order chi connectivity index (χ1) is 5.83. The Morgan fingerprint density at radius 3 is 3.08 bits per heavy atom. The van der Waals surface area contributed by atoms with E-state index in [0.29, 0.717) is 12.3 Å². The average Bonchev–Trinajstić information content (AvgIpc) is 2.53. The summed E-state index contributed by atoms with van der Waals surface area (Å²) in [5.41, 5.74) is 0. The van der Waals surface area contributed by atoms with Crippen molar-refractivity contribution in [1.82, 2.24) is 4.98 Å². The Hall–Kier alpha value is -0.120. The van der Waals surface area contributed by atoms with E-state index < -0.39 is 0 Å². The maximum absolute atomic E-state index is 9.46. The van der Waals surface area contributed by atoms with Gasteiger partial charge in [0.15, 0.2) is 0 Å². The van der Waals surface area contributed by atoms with Crippen LogP contribution >= 0.6 is 22.9 Å². The van der Waals surface area contributed by atoms with Crippen molar-refractivity contribution in [3.63, 3.8) is 0 Å². The number of aromatic nitrogens is 1. The molecule has 1 aromatic heterocycles. The number of hydrogen-bond donors (Lipinski definition) is 1. The van der Waals surface area contributed by atoms with Crippen LogP contribution in [0.5, 0.6) is 0 Å². The Labute approximate surface area is 81.2 Å². The zero-order chi connectivity index (χ0) is 8.81. The lowest BCUT2D eigenvalue weighted by Gasteiger charge is -2.06. The third-order valence-electron chi connectivity index (χ3n) is 1.56. The van der Waals surface area contributed by atoms with E-state index in [1.165, 1.54) is 0 Å². The van der Waals surface area contributed by atoms with Gasteiger partial charge in [0.05, 0.1) is 11.1 Å². The number of thiazole rings is 1. The van der Waals surface area contributed by atoms with Crippen LogP contribution in [0.15, 0.2) is 11.6 Å². The molecular formula is C8H12ClNOS. The van der Waals surface area contributed by atoms with Crippen molar-refractivity contribution in [2.24, 2.45) is 0 Å². The number of halogens is 1. The van der Waals surface area contributed by atoms with Crippen molar-refractivity contribution in [2.75, 3.05) is 5.88 Å². The van der Waals surface area contributed by atoms with Crippen LogP contribution in [0.1, 0.15) is 17.8 Å². The molecule has 0 spiro atoms. The van der Waals surface area contributed by atoms with Crippen LogP contribution in [-0.2, 0) is 6.42 Å². The predicted molar refractivity (Wildman–Crippen MR) is 51.8 cm³/mol. The summed E-state index contributed by atoms with van der Waals surface area (Å²) in [7, 11) is 0. The molecule has 1 rings (SSSR count). The van der Waals surface area contributed by atoms with E-state index in [4.69, 9.17) is 11.6 Å². The largest absolute Gasteiger partial charge is 0.393 e. The molecule has 68 valence electrons. The monoisotopic (exact) mass is 205 g/mol. The summed E-state index contributed by atoms with van der Waals surface area (Å²) < 4.78 is 0. The molecule has 12 heavy (non-hydrogen) atoms. The SMILES string of the molecule is O[C@@H](CCCCl)Cc1nccs1. The normalized spacial score (nSPS) is 13.2. The van der Waals surface area contributed by atoms with Gasteiger partial charge >= 0.3 is 0 Å². The van der Waals surface area contributed by atoms with Crippen molar-refractivity contribution < 1.29 is 5.11 Å². The first-order valence-corrected chi connectivity index (χ1v) is 5.36. The minimum atomic E-state index is -0.283. The van der Waals surface area contributed by atoms with Crippen LogP contribution in [0.3, 0.4) is 0 Å². The first kappa shape index (κ1) is 9.96. The van der Waals surface area contributed by atoms with E-state index in [-0.39, 0.29) is 6.10 Å². The molecule has 0 amide bonds. The fourth-order valence-corrected chi connectivity index (χ4v) is 1.81. The highest BCUT2D eigenvalue weighted by Gasteiger charge is 2.06. The Kier molecular flexibility index (Phi) is 4.58. The molecule has 1 heterocycles. The number of aliphatic hydroxyl groups is 1. The summed E-state index contributed by atoms with van der Waals surface area (Å²) >= 11 is 7.08. The standard InChI is InChI=1S/C8H12ClNOS/c9-3-1-2-7(11)6-8-10-4-5-12-8/h4-5,7,11H,1-3,6H2/t7-/m0/s1. The molecule has 2 nitrogen and oxygen atoms in total. The fourth-order valence-electron chi connectivity index (χ4n) is 0.970. The molecule has 4 heteroatoms. The lowest BCUT2D eigenvalue weighted by atomic mass is 10.1. The second kappa shape index (κ2) is 5.51. The third kappa shape index (κ3) is 3.52. The maximum atomic E-state index is 9.46. The predicted octanol–water partition coefficient (Wildman–Crippen LogP) is 2.07. The Bertz CT molecular complexity index is 203. The molecule has 0 aliphatic heterocycles. The molecule has 0 aromatic carbocycles. The zero-order valence-corrected chi connectivity index (χ0v) is 8.31. The van der Waals surface area contributed by atoms with E-state index in [1.54, 1.807) is 17.5 Å². The number of aliphatic hydroxyl groups excluding tert-OH is 1. The van der Waals surface area contributed by atoms with Gasteiger partial charge in [-0.15, -0.1) is 22.9 Å². The quantitative estimate of drug-likeness (QED) is 0.747. The molecule has 0 radical (unpaired) electrons. The van der Waals surface area contributed by atoms with Crippen LogP contribution in [0.4, 0.5) is 0 Å². The number of alkyl halides is 1. The van der Waals surface area contributed by atoms with Crippen molar-refractivity contribution in [2.45, 2.75) is 25.4 Å². The second-order valence-corrected chi connectivity index (χ2v) is 3.97. The van der Waals surface area contributed by atoms with Gasteiger partial charge in [-0.25, -0.2) is 4.98 Å². The van der Waals surface area contributed by atoms with E-state index in [0.717, 1.165) is 17.8 Å². The summed E-state index contributed by atoms with van der Waals surface area (Å²) in [6, 6.07) is 0. The number of hydrogen-bond acceptors (Lipinski definition) is 3. The van der Waals surface area contributed by atoms with Crippen molar-refractivity contribution in [1.29, 1.82) is 0 Å². The summed E-state index contributed by atoms with van der Waals surface area (Å²) in [5.74, 6) is 0.620. The average molecular weight is 206 g/mol. The van der Waals surface area contributed by atoms with E-state index >= 15 is 0 Å². The van der Waals surface area contributed by atoms with E-state index in [9.17, 15) is 5.11 Å². The smallest absolute Gasteiger partial charge is 0.0950 e. The van der Waals surface area contributed by atoms with Gasteiger partial charge in [-0.3, -0.25) is 0 Å². The molecule has 0 unspecified atom stereocenters.